The lowest BCUT2D eigenvalue weighted by atomic mass is 9.95. The molecule has 5 rings (SSSR count). The third-order valence-electron chi connectivity index (χ3n) is 7.17. The Hall–Kier alpha value is -4.77. The minimum atomic E-state index is -0.792. The third kappa shape index (κ3) is 5.55. The van der Waals surface area contributed by atoms with Crippen molar-refractivity contribution in [2.24, 2.45) is 4.99 Å². The second-order valence-electron chi connectivity index (χ2n) is 10.4. The summed E-state index contributed by atoms with van der Waals surface area (Å²) < 4.78 is 15.5. The molecule has 1 atom stereocenters. The average Bonchev–Trinajstić information content (AvgIpc) is 3.41. The van der Waals surface area contributed by atoms with E-state index in [1.54, 1.807) is 30.5 Å². The van der Waals surface area contributed by atoms with E-state index in [0.717, 1.165) is 22.6 Å². The molecule has 2 aromatic heterocycles. The van der Waals surface area contributed by atoms with Gasteiger partial charge < -0.3 is 14.0 Å². The minimum Gasteiger partial charge on any atom is -0.491 e. The summed E-state index contributed by atoms with van der Waals surface area (Å²) in [6.07, 6.45) is 1.70. The number of allylic oxidation sites excluding steroid dienone is 1. The van der Waals surface area contributed by atoms with E-state index in [1.165, 1.54) is 23.5 Å². The molecule has 0 fully saturated rings. The number of esters is 1. The number of aryl methyl sites for hydroxylation is 1. The zero-order valence-electron chi connectivity index (χ0n) is 24.8. The minimum absolute atomic E-state index is 0.0138. The predicted octanol–water partition coefficient (Wildman–Crippen LogP) is 4.90. The lowest BCUT2D eigenvalue weighted by molar-refractivity contribution is -0.384. The van der Waals surface area contributed by atoms with Crippen molar-refractivity contribution in [3.63, 3.8) is 0 Å². The first-order valence-electron chi connectivity index (χ1n) is 13.9. The van der Waals surface area contributed by atoms with E-state index in [-0.39, 0.29) is 29.5 Å². The summed E-state index contributed by atoms with van der Waals surface area (Å²) in [5, 5.41) is 11.1. The summed E-state index contributed by atoms with van der Waals surface area (Å²) in [5.41, 5.74) is 4.53. The van der Waals surface area contributed by atoms with Crippen molar-refractivity contribution in [2.45, 2.75) is 53.7 Å². The fourth-order valence-electron chi connectivity index (χ4n) is 5.35. The number of hydrogen-bond donors (Lipinski definition) is 0. The first-order chi connectivity index (χ1) is 20.5. The second kappa shape index (κ2) is 11.8. The molecule has 0 radical (unpaired) electrons. The molecule has 0 bridgehead atoms. The highest BCUT2D eigenvalue weighted by Crippen LogP contribution is 2.36. The SMILES string of the molecule is CCOC(=O)C1=C(C)N=c2s/c(=C\c3cc(C)n(-c4ccc([N+](=O)[O-])cc4)c3C)c(=O)n2[C@H]1c1ccccc1OC(C)C. The molecule has 0 aliphatic carbocycles. The molecular weight excluding hydrogens is 568 g/mol. The van der Waals surface area contributed by atoms with E-state index in [1.807, 2.05) is 68.7 Å². The Morgan fingerprint density at radius 1 is 1.14 bits per heavy atom. The monoisotopic (exact) mass is 600 g/mol. The quantitative estimate of drug-likeness (QED) is 0.161. The maximum Gasteiger partial charge on any atom is 0.338 e. The third-order valence-corrected chi connectivity index (χ3v) is 8.15. The number of rotatable bonds is 8. The van der Waals surface area contributed by atoms with Crippen LogP contribution in [0.2, 0.25) is 0 Å². The van der Waals surface area contributed by atoms with Crippen LogP contribution in [0, 0.1) is 24.0 Å². The van der Waals surface area contributed by atoms with Gasteiger partial charge in [0.05, 0.1) is 33.4 Å². The number of carbonyl (C=O) groups is 1. The molecule has 0 amide bonds. The fraction of sp³-hybridized carbons (Fsp3) is 0.281. The number of para-hydroxylation sites is 1. The fourth-order valence-corrected chi connectivity index (χ4v) is 6.39. The Bertz CT molecular complexity index is 1950. The van der Waals surface area contributed by atoms with Crippen molar-refractivity contribution < 1.29 is 19.2 Å². The summed E-state index contributed by atoms with van der Waals surface area (Å²) in [6.45, 7) is 11.4. The van der Waals surface area contributed by atoms with Gasteiger partial charge in [0.25, 0.3) is 11.2 Å². The van der Waals surface area contributed by atoms with Crippen LogP contribution in [0.25, 0.3) is 11.8 Å². The maximum atomic E-state index is 14.1. The number of thiazole rings is 1. The van der Waals surface area contributed by atoms with Gasteiger partial charge in [0, 0.05) is 34.8 Å². The highest BCUT2D eigenvalue weighted by atomic mass is 32.1. The summed E-state index contributed by atoms with van der Waals surface area (Å²) in [6, 6.07) is 14.9. The number of non-ortho nitro benzene ring substituents is 1. The Balaban J connectivity index is 1.68. The van der Waals surface area contributed by atoms with Crippen molar-refractivity contribution in [3.8, 4) is 11.4 Å². The number of nitro groups is 1. The molecule has 0 saturated heterocycles. The molecule has 222 valence electrons. The number of benzene rings is 2. The van der Waals surface area contributed by atoms with Crippen molar-refractivity contribution in [2.75, 3.05) is 6.61 Å². The van der Waals surface area contributed by atoms with Crippen LogP contribution >= 0.6 is 11.3 Å². The van der Waals surface area contributed by atoms with Crippen LogP contribution in [0.15, 0.2) is 75.7 Å². The molecule has 0 saturated carbocycles. The van der Waals surface area contributed by atoms with Crippen LogP contribution in [-0.4, -0.2) is 32.7 Å². The Morgan fingerprint density at radius 2 is 1.84 bits per heavy atom. The lowest BCUT2D eigenvalue weighted by Gasteiger charge is -2.26. The van der Waals surface area contributed by atoms with E-state index in [2.05, 4.69) is 4.99 Å². The molecular formula is C32H32N4O6S. The van der Waals surface area contributed by atoms with E-state index in [0.29, 0.717) is 26.3 Å². The van der Waals surface area contributed by atoms with E-state index >= 15 is 0 Å². The van der Waals surface area contributed by atoms with Crippen LogP contribution in [0.3, 0.4) is 0 Å². The number of carbonyl (C=O) groups excluding carboxylic acids is 1. The second-order valence-corrected chi connectivity index (χ2v) is 11.5. The Labute approximate surface area is 252 Å². The highest BCUT2D eigenvalue weighted by molar-refractivity contribution is 7.07. The van der Waals surface area contributed by atoms with Gasteiger partial charge in [-0.05, 0) is 77.4 Å². The summed E-state index contributed by atoms with van der Waals surface area (Å²) in [5.74, 6) is 0.0363. The summed E-state index contributed by atoms with van der Waals surface area (Å²) >= 11 is 1.25. The van der Waals surface area contributed by atoms with Crippen molar-refractivity contribution >= 4 is 29.1 Å². The summed E-state index contributed by atoms with van der Waals surface area (Å²) in [4.78, 5) is 43.2. The van der Waals surface area contributed by atoms with Gasteiger partial charge in [-0.25, -0.2) is 9.79 Å². The van der Waals surface area contributed by atoms with Gasteiger partial charge in [-0.2, -0.15) is 0 Å². The molecule has 1 aliphatic rings. The smallest absolute Gasteiger partial charge is 0.338 e. The van der Waals surface area contributed by atoms with Gasteiger partial charge in [-0.15, -0.1) is 0 Å². The zero-order valence-corrected chi connectivity index (χ0v) is 25.6. The Morgan fingerprint density at radius 3 is 2.49 bits per heavy atom. The first kappa shape index (κ1) is 29.7. The van der Waals surface area contributed by atoms with Gasteiger partial charge >= 0.3 is 5.97 Å². The average molecular weight is 601 g/mol. The normalized spacial score (nSPS) is 15.0. The molecule has 10 nitrogen and oxygen atoms in total. The zero-order chi connectivity index (χ0) is 31.0. The number of fused-ring (bicyclic) bond motifs is 1. The molecule has 0 spiro atoms. The molecule has 4 aromatic rings. The molecule has 2 aromatic carbocycles. The van der Waals surface area contributed by atoms with Crippen molar-refractivity contribution in [3.05, 3.63) is 118 Å². The number of ether oxygens (including phenoxy) is 2. The molecule has 0 N–H and O–H groups in total. The van der Waals surface area contributed by atoms with Crippen LogP contribution in [0.1, 0.15) is 56.3 Å². The maximum absolute atomic E-state index is 14.1. The van der Waals surface area contributed by atoms with E-state index in [4.69, 9.17) is 9.47 Å². The largest absolute Gasteiger partial charge is 0.491 e. The van der Waals surface area contributed by atoms with Gasteiger partial charge in [-0.1, -0.05) is 29.5 Å². The lowest BCUT2D eigenvalue weighted by Crippen LogP contribution is -2.40. The van der Waals surface area contributed by atoms with Gasteiger partial charge in [0.2, 0.25) is 0 Å². The van der Waals surface area contributed by atoms with Crippen molar-refractivity contribution in [1.29, 1.82) is 0 Å². The molecule has 11 heteroatoms. The first-order valence-corrected chi connectivity index (χ1v) is 14.7. The van der Waals surface area contributed by atoms with Gasteiger partial charge in [0.1, 0.15) is 11.8 Å². The summed E-state index contributed by atoms with van der Waals surface area (Å²) in [7, 11) is 0. The number of nitro benzene ring substituents is 1. The van der Waals surface area contributed by atoms with Crippen LogP contribution in [0.5, 0.6) is 5.75 Å². The van der Waals surface area contributed by atoms with Crippen LogP contribution < -0.4 is 19.6 Å². The number of hydrogen-bond acceptors (Lipinski definition) is 8. The van der Waals surface area contributed by atoms with Crippen LogP contribution in [0.4, 0.5) is 5.69 Å². The van der Waals surface area contributed by atoms with Crippen LogP contribution in [-0.2, 0) is 9.53 Å². The van der Waals surface area contributed by atoms with E-state index < -0.39 is 16.9 Å². The molecule has 1 aliphatic heterocycles. The number of nitrogens with zero attached hydrogens (tertiary/aromatic N) is 4. The van der Waals surface area contributed by atoms with E-state index in [9.17, 15) is 19.7 Å². The predicted molar refractivity (Wildman–Crippen MR) is 165 cm³/mol. The van der Waals surface area contributed by atoms with Gasteiger partial charge in [0.15, 0.2) is 4.80 Å². The topological polar surface area (TPSA) is 118 Å². The standard InChI is InChI=1S/C32H32N4O6S/c1-7-41-31(38)28-20(5)33-32-35(29(28)25-10-8-9-11-26(25)42-18(2)3)30(37)27(43-32)17-22-16-19(4)34(21(22)6)23-12-14-24(15-13-23)36(39)40/h8-18,29H,7H2,1-6H3/b27-17-/t29-/m0/s1. The number of aromatic nitrogens is 2. The highest BCUT2D eigenvalue weighted by Gasteiger charge is 2.35. The van der Waals surface area contributed by atoms with Gasteiger partial charge in [-0.3, -0.25) is 19.5 Å². The molecule has 3 heterocycles. The molecule has 0 unspecified atom stereocenters. The Kier molecular flexibility index (Phi) is 8.19. The molecule has 43 heavy (non-hydrogen) atoms. The van der Waals surface area contributed by atoms with Crippen molar-refractivity contribution in [1.82, 2.24) is 9.13 Å².